The van der Waals surface area contributed by atoms with Crippen molar-refractivity contribution in [3.8, 4) is 0 Å². The lowest BCUT2D eigenvalue weighted by molar-refractivity contribution is -0.116. The predicted octanol–water partition coefficient (Wildman–Crippen LogP) is 0.186. The highest BCUT2D eigenvalue weighted by molar-refractivity contribution is 6.02. The van der Waals surface area contributed by atoms with Crippen LogP contribution in [0.5, 0.6) is 0 Å². The van der Waals surface area contributed by atoms with Gasteiger partial charge >= 0.3 is 5.97 Å². The Bertz CT molecular complexity index is 763. The molecule has 0 aliphatic heterocycles. The van der Waals surface area contributed by atoms with Crippen LogP contribution in [0.4, 0.5) is 5.69 Å². The zero-order valence-corrected chi connectivity index (χ0v) is 13.3. The molecular weight excluding hydrogens is 316 g/mol. The van der Waals surface area contributed by atoms with E-state index in [-0.39, 0.29) is 30.1 Å². The number of hydrogen-bond donors (Lipinski definition) is 3. The van der Waals surface area contributed by atoms with Gasteiger partial charge in [-0.05, 0) is 6.92 Å². The number of rotatable bonds is 7. The highest BCUT2D eigenvalue weighted by atomic mass is 16.4. The van der Waals surface area contributed by atoms with Crippen molar-refractivity contribution in [3.63, 3.8) is 0 Å². The molecule has 0 bridgehead atoms. The van der Waals surface area contributed by atoms with Crippen LogP contribution >= 0.6 is 0 Å². The van der Waals surface area contributed by atoms with Gasteiger partial charge in [-0.2, -0.15) is 10.2 Å². The number of nitrogens with zero attached hydrogens (tertiary/aromatic N) is 4. The van der Waals surface area contributed by atoms with Crippen LogP contribution in [0.15, 0.2) is 18.6 Å². The molecule has 0 unspecified atom stereocenters. The molecule has 2 heterocycles. The Morgan fingerprint density at radius 2 is 2.00 bits per heavy atom. The van der Waals surface area contributed by atoms with Crippen molar-refractivity contribution in [2.75, 3.05) is 12.4 Å². The van der Waals surface area contributed by atoms with E-state index in [4.69, 9.17) is 5.11 Å². The monoisotopic (exact) mass is 334 g/mol. The van der Waals surface area contributed by atoms with Crippen LogP contribution in [0.3, 0.4) is 0 Å². The number of carbonyl (C=O) groups is 3. The highest BCUT2D eigenvalue weighted by Crippen LogP contribution is 2.14. The lowest BCUT2D eigenvalue weighted by Crippen LogP contribution is -2.22. The minimum Gasteiger partial charge on any atom is -0.478 e. The van der Waals surface area contributed by atoms with E-state index in [0.717, 1.165) is 0 Å². The van der Waals surface area contributed by atoms with Crippen molar-refractivity contribution >= 4 is 23.5 Å². The van der Waals surface area contributed by atoms with Crippen molar-refractivity contribution in [2.24, 2.45) is 0 Å². The normalized spacial score (nSPS) is 10.4. The van der Waals surface area contributed by atoms with E-state index in [2.05, 4.69) is 20.8 Å². The van der Waals surface area contributed by atoms with Gasteiger partial charge in [0.2, 0.25) is 5.91 Å². The fraction of sp³-hybridized carbons (Fsp3) is 0.357. The van der Waals surface area contributed by atoms with Gasteiger partial charge in [0.05, 0.1) is 17.4 Å². The maximum absolute atomic E-state index is 12.0. The molecule has 2 aromatic rings. The van der Waals surface area contributed by atoms with Crippen LogP contribution in [0, 0.1) is 0 Å². The fourth-order valence-electron chi connectivity index (χ4n) is 1.99. The highest BCUT2D eigenvalue weighted by Gasteiger charge is 2.17. The van der Waals surface area contributed by atoms with E-state index in [1.165, 1.54) is 24.1 Å². The second kappa shape index (κ2) is 7.40. The predicted molar refractivity (Wildman–Crippen MR) is 83.7 cm³/mol. The molecule has 0 spiro atoms. The second-order valence-corrected chi connectivity index (χ2v) is 4.92. The van der Waals surface area contributed by atoms with Gasteiger partial charge in [0.25, 0.3) is 5.91 Å². The number of carboxylic acids is 1. The molecule has 128 valence electrons. The maximum atomic E-state index is 12.0. The summed E-state index contributed by atoms with van der Waals surface area (Å²) in [6.45, 7) is 2.64. The summed E-state index contributed by atoms with van der Waals surface area (Å²) in [5.41, 5.74) is 0.523. The molecule has 10 nitrogen and oxygen atoms in total. The van der Waals surface area contributed by atoms with Gasteiger partial charge in [-0.1, -0.05) is 0 Å². The molecule has 2 rings (SSSR count). The summed E-state index contributed by atoms with van der Waals surface area (Å²) < 4.78 is 2.92. The number of nitrogens with one attached hydrogen (secondary N) is 2. The zero-order chi connectivity index (χ0) is 17.7. The van der Waals surface area contributed by atoms with Gasteiger partial charge in [0, 0.05) is 39.0 Å². The molecule has 2 aromatic heterocycles. The van der Waals surface area contributed by atoms with Gasteiger partial charge in [0.15, 0.2) is 5.69 Å². The minimum absolute atomic E-state index is 0.0570. The van der Waals surface area contributed by atoms with Crippen molar-refractivity contribution in [1.29, 1.82) is 0 Å². The van der Waals surface area contributed by atoms with Crippen LogP contribution in [-0.2, 0) is 17.9 Å². The summed E-state index contributed by atoms with van der Waals surface area (Å²) in [7, 11) is 1.48. The minimum atomic E-state index is -1.08. The van der Waals surface area contributed by atoms with E-state index in [1.807, 2.05) is 6.92 Å². The third-order valence-corrected chi connectivity index (χ3v) is 3.25. The van der Waals surface area contributed by atoms with Gasteiger partial charge in [-0.3, -0.25) is 19.0 Å². The van der Waals surface area contributed by atoms with E-state index >= 15 is 0 Å². The van der Waals surface area contributed by atoms with Gasteiger partial charge < -0.3 is 15.7 Å². The summed E-state index contributed by atoms with van der Waals surface area (Å²) in [6.07, 6.45) is 4.22. The lowest BCUT2D eigenvalue weighted by atomic mass is 10.3. The number of aryl methyl sites for hydroxylation is 2. The van der Waals surface area contributed by atoms with E-state index in [1.54, 1.807) is 10.9 Å². The summed E-state index contributed by atoms with van der Waals surface area (Å²) >= 11 is 0. The molecular formula is C14H18N6O4. The summed E-state index contributed by atoms with van der Waals surface area (Å²) in [5, 5.41) is 21.9. The van der Waals surface area contributed by atoms with E-state index in [0.29, 0.717) is 12.2 Å². The van der Waals surface area contributed by atoms with E-state index < -0.39 is 11.9 Å². The molecule has 10 heteroatoms. The number of carbonyl (C=O) groups excluding carboxylic acids is 2. The average Bonchev–Trinajstić information content (AvgIpc) is 3.19. The van der Waals surface area contributed by atoms with Crippen molar-refractivity contribution in [1.82, 2.24) is 24.9 Å². The molecule has 24 heavy (non-hydrogen) atoms. The van der Waals surface area contributed by atoms with Crippen molar-refractivity contribution < 1.29 is 19.5 Å². The van der Waals surface area contributed by atoms with Crippen LogP contribution in [-0.4, -0.2) is 49.5 Å². The van der Waals surface area contributed by atoms with Gasteiger partial charge in [-0.25, -0.2) is 4.79 Å². The quantitative estimate of drug-likeness (QED) is 0.662. The van der Waals surface area contributed by atoms with Crippen molar-refractivity contribution in [3.05, 3.63) is 29.8 Å². The smallest absolute Gasteiger partial charge is 0.338 e. The van der Waals surface area contributed by atoms with Crippen LogP contribution in [0.25, 0.3) is 0 Å². The van der Waals surface area contributed by atoms with Gasteiger partial charge in [-0.15, -0.1) is 0 Å². The summed E-state index contributed by atoms with van der Waals surface area (Å²) in [4.78, 5) is 34.6. The summed E-state index contributed by atoms with van der Waals surface area (Å²) in [6, 6.07) is 0. The number of anilines is 1. The third kappa shape index (κ3) is 3.97. The first-order chi connectivity index (χ1) is 11.4. The Morgan fingerprint density at radius 1 is 1.25 bits per heavy atom. The van der Waals surface area contributed by atoms with Gasteiger partial charge in [0.1, 0.15) is 0 Å². The Morgan fingerprint density at radius 3 is 2.58 bits per heavy atom. The molecule has 3 N–H and O–H groups in total. The molecule has 2 amide bonds. The number of aromatic carboxylic acids is 1. The maximum Gasteiger partial charge on any atom is 0.338 e. The Kier molecular flexibility index (Phi) is 5.30. The number of amides is 2. The molecule has 0 atom stereocenters. The first-order valence-electron chi connectivity index (χ1n) is 7.29. The molecule has 0 aromatic carbocycles. The molecule has 0 fully saturated rings. The van der Waals surface area contributed by atoms with Crippen LogP contribution < -0.4 is 10.6 Å². The largest absolute Gasteiger partial charge is 0.478 e. The second-order valence-electron chi connectivity index (χ2n) is 4.92. The first-order valence-corrected chi connectivity index (χ1v) is 7.29. The van der Waals surface area contributed by atoms with Crippen LogP contribution in [0.2, 0.25) is 0 Å². The number of carboxylic acid groups (broad SMARTS) is 1. The Labute approximate surface area is 137 Å². The third-order valence-electron chi connectivity index (χ3n) is 3.25. The zero-order valence-electron chi connectivity index (χ0n) is 13.3. The number of aromatic nitrogens is 4. The molecule has 0 saturated heterocycles. The Hall–Kier alpha value is -3.17. The SMILES string of the molecule is CCn1cc(NC(=O)CCn2cc(C(=O)O)cn2)c(C(=O)NC)n1. The summed E-state index contributed by atoms with van der Waals surface area (Å²) in [5.74, 6) is -1.80. The standard InChI is InChI=1S/C14H18N6O4/c1-3-19-8-10(12(18-19)13(22)15-2)17-11(21)4-5-20-7-9(6-16-20)14(23)24/h6-8H,3-5H2,1-2H3,(H,15,22)(H,17,21)(H,23,24). The first kappa shape index (κ1) is 17.2. The lowest BCUT2D eigenvalue weighted by Gasteiger charge is -2.05. The topological polar surface area (TPSA) is 131 Å². The van der Waals surface area contributed by atoms with Crippen molar-refractivity contribution in [2.45, 2.75) is 26.4 Å². The fourth-order valence-corrected chi connectivity index (χ4v) is 1.99. The molecule has 0 aliphatic rings. The number of hydrogen-bond acceptors (Lipinski definition) is 5. The van der Waals surface area contributed by atoms with E-state index in [9.17, 15) is 14.4 Å². The molecule has 0 aliphatic carbocycles. The molecule has 0 radical (unpaired) electrons. The molecule has 0 saturated carbocycles. The Balaban J connectivity index is 2.00. The average molecular weight is 334 g/mol. The van der Waals surface area contributed by atoms with Crippen LogP contribution in [0.1, 0.15) is 34.2 Å².